The van der Waals surface area contributed by atoms with E-state index in [-0.39, 0.29) is 18.9 Å². The van der Waals surface area contributed by atoms with Crippen LogP contribution >= 0.6 is 11.3 Å². The van der Waals surface area contributed by atoms with Crippen molar-refractivity contribution in [3.05, 3.63) is 40.4 Å². The van der Waals surface area contributed by atoms with E-state index < -0.39 is 5.97 Å². The van der Waals surface area contributed by atoms with E-state index >= 15 is 0 Å². The minimum atomic E-state index is -0.398. The molecule has 0 bridgehead atoms. The molecule has 0 unspecified atom stereocenters. The molecule has 0 radical (unpaired) electrons. The van der Waals surface area contributed by atoms with Gasteiger partial charge in [-0.2, -0.15) is 4.98 Å². The highest BCUT2D eigenvalue weighted by Crippen LogP contribution is 2.21. The SMILES string of the molecule is Cc1noc(C)c1CC(=O)OCc1nc(-c2cccs2)no1. The quantitative estimate of drug-likeness (QED) is 0.668. The Balaban J connectivity index is 1.57. The summed E-state index contributed by atoms with van der Waals surface area (Å²) in [4.78, 5) is 16.9. The Labute approximate surface area is 129 Å². The van der Waals surface area contributed by atoms with Crippen LogP contribution in [0.3, 0.4) is 0 Å². The summed E-state index contributed by atoms with van der Waals surface area (Å²) in [5.41, 5.74) is 1.43. The first-order chi connectivity index (χ1) is 10.6. The second-order valence-corrected chi connectivity index (χ2v) is 5.58. The molecule has 3 aromatic rings. The zero-order chi connectivity index (χ0) is 15.5. The van der Waals surface area contributed by atoms with Crippen molar-refractivity contribution in [1.82, 2.24) is 15.3 Å². The fourth-order valence-electron chi connectivity index (χ4n) is 1.91. The van der Waals surface area contributed by atoms with E-state index in [1.165, 1.54) is 11.3 Å². The van der Waals surface area contributed by atoms with Gasteiger partial charge in [0.2, 0.25) is 5.82 Å². The Bertz CT molecular complexity index is 756. The van der Waals surface area contributed by atoms with Crippen LogP contribution < -0.4 is 0 Å². The summed E-state index contributed by atoms with van der Waals surface area (Å²) in [6, 6.07) is 3.79. The number of aryl methyl sites for hydroxylation is 2. The molecule has 0 spiro atoms. The summed E-state index contributed by atoms with van der Waals surface area (Å²) in [6.45, 7) is 3.49. The van der Waals surface area contributed by atoms with Crippen LogP contribution in [0.4, 0.5) is 0 Å². The van der Waals surface area contributed by atoms with Crippen molar-refractivity contribution in [2.24, 2.45) is 0 Å². The topological polar surface area (TPSA) is 91.2 Å². The van der Waals surface area contributed by atoms with E-state index in [0.29, 0.717) is 17.3 Å². The van der Waals surface area contributed by atoms with Gasteiger partial charge in [-0.1, -0.05) is 16.4 Å². The number of nitrogens with zero attached hydrogens (tertiary/aromatic N) is 3. The van der Waals surface area contributed by atoms with E-state index in [1.54, 1.807) is 13.8 Å². The van der Waals surface area contributed by atoms with Gasteiger partial charge in [0.1, 0.15) is 5.76 Å². The molecule has 22 heavy (non-hydrogen) atoms. The molecule has 3 aromatic heterocycles. The molecule has 8 heteroatoms. The Morgan fingerprint density at radius 2 is 2.18 bits per heavy atom. The van der Waals surface area contributed by atoms with Crippen LogP contribution in [0.2, 0.25) is 0 Å². The number of carbonyl (C=O) groups excluding carboxylic acids is 1. The number of esters is 1. The summed E-state index contributed by atoms with van der Waals surface area (Å²) in [6.07, 6.45) is 0.104. The van der Waals surface area contributed by atoms with E-state index in [9.17, 15) is 4.79 Å². The van der Waals surface area contributed by atoms with Crippen molar-refractivity contribution >= 4 is 17.3 Å². The average Bonchev–Trinajstić information content (AvgIpc) is 3.22. The van der Waals surface area contributed by atoms with Gasteiger partial charge in [0, 0.05) is 5.56 Å². The highest BCUT2D eigenvalue weighted by Gasteiger charge is 2.16. The highest BCUT2D eigenvalue weighted by atomic mass is 32.1. The van der Waals surface area contributed by atoms with Crippen molar-refractivity contribution in [2.75, 3.05) is 0 Å². The molecule has 0 aliphatic carbocycles. The molecule has 3 rings (SSSR count). The van der Waals surface area contributed by atoms with Crippen LogP contribution in [0.1, 0.15) is 22.9 Å². The molecule has 3 heterocycles. The number of carbonyl (C=O) groups is 1. The van der Waals surface area contributed by atoms with Crippen molar-refractivity contribution < 1.29 is 18.6 Å². The highest BCUT2D eigenvalue weighted by molar-refractivity contribution is 7.13. The van der Waals surface area contributed by atoms with Crippen LogP contribution in [0.15, 0.2) is 26.6 Å². The maximum atomic E-state index is 11.8. The van der Waals surface area contributed by atoms with Gasteiger partial charge < -0.3 is 13.8 Å². The summed E-state index contributed by atoms with van der Waals surface area (Å²) in [5.74, 6) is 0.972. The molecule has 0 atom stereocenters. The van der Waals surface area contributed by atoms with Crippen LogP contribution in [0, 0.1) is 13.8 Å². The third kappa shape index (κ3) is 3.06. The lowest BCUT2D eigenvalue weighted by Crippen LogP contribution is -2.09. The first kappa shape index (κ1) is 14.5. The van der Waals surface area contributed by atoms with Crippen LogP contribution in [-0.2, 0) is 22.6 Å². The van der Waals surface area contributed by atoms with Crippen LogP contribution in [0.5, 0.6) is 0 Å². The van der Waals surface area contributed by atoms with E-state index in [0.717, 1.165) is 10.4 Å². The van der Waals surface area contributed by atoms with Crippen molar-refractivity contribution in [3.63, 3.8) is 0 Å². The standard InChI is InChI=1S/C14H13N3O4S/c1-8-10(9(2)20-16-8)6-13(18)19-7-12-15-14(17-21-12)11-4-3-5-22-11/h3-5H,6-7H2,1-2H3. The number of thiophene rings is 1. The lowest BCUT2D eigenvalue weighted by atomic mass is 10.1. The molecule has 7 nitrogen and oxygen atoms in total. The lowest BCUT2D eigenvalue weighted by molar-refractivity contribution is -0.144. The molecule has 0 saturated carbocycles. The molecular formula is C14H13N3O4S. The molecule has 0 saturated heterocycles. The summed E-state index contributed by atoms with van der Waals surface area (Å²) >= 11 is 1.51. The van der Waals surface area contributed by atoms with Gasteiger partial charge in [0.05, 0.1) is 17.0 Å². The lowest BCUT2D eigenvalue weighted by Gasteiger charge is -2.01. The summed E-state index contributed by atoms with van der Waals surface area (Å²) < 4.78 is 15.2. The Morgan fingerprint density at radius 3 is 2.86 bits per heavy atom. The van der Waals surface area contributed by atoms with Crippen molar-refractivity contribution in [1.29, 1.82) is 0 Å². The van der Waals surface area contributed by atoms with E-state index in [1.807, 2.05) is 17.5 Å². The van der Waals surface area contributed by atoms with Crippen LogP contribution in [-0.4, -0.2) is 21.3 Å². The number of ether oxygens (including phenoxy) is 1. The molecule has 0 fully saturated rings. The summed E-state index contributed by atoms with van der Waals surface area (Å²) in [5, 5.41) is 9.57. The van der Waals surface area contributed by atoms with Gasteiger partial charge in [-0.05, 0) is 25.3 Å². The third-order valence-corrected chi connectivity index (χ3v) is 3.93. The van der Waals surface area contributed by atoms with E-state index in [4.69, 9.17) is 13.8 Å². The Kier molecular flexibility index (Phi) is 4.01. The van der Waals surface area contributed by atoms with Gasteiger partial charge in [-0.25, -0.2) is 0 Å². The van der Waals surface area contributed by atoms with Crippen molar-refractivity contribution in [3.8, 4) is 10.7 Å². The second kappa shape index (κ2) is 6.10. The minimum absolute atomic E-state index is 0.0550. The fraction of sp³-hybridized carbons (Fsp3) is 0.286. The van der Waals surface area contributed by atoms with Gasteiger partial charge in [0.25, 0.3) is 5.89 Å². The average molecular weight is 319 g/mol. The molecular weight excluding hydrogens is 306 g/mol. The number of hydrogen-bond acceptors (Lipinski definition) is 8. The molecule has 0 N–H and O–H groups in total. The number of aromatic nitrogens is 3. The normalized spacial score (nSPS) is 10.8. The predicted octanol–water partition coefficient (Wildman–Crippen LogP) is 2.69. The van der Waals surface area contributed by atoms with Crippen molar-refractivity contribution in [2.45, 2.75) is 26.9 Å². The fourth-order valence-corrected chi connectivity index (χ4v) is 2.56. The van der Waals surface area contributed by atoms with Gasteiger partial charge in [0.15, 0.2) is 6.61 Å². The number of hydrogen-bond donors (Lipinski definition) is 0. The minimum Gasteiger partial charge on any atom is -0.455 e. The summed E-state index contributed by atoms with van der Waals surface area (Å²) in [7, 11) is 0. The monoisotopic (exact) mass is 319 g/mol. The maximum Gasteiger partial charge on any atom is 0.310 e. The molecule has 0 aromatic carbocycles. The third-order valence-electron chi connectivity index (χ3n) is 3.07. The van der Waals surface area contributed by atoms with Gasteiger partial charge in [-0.15, -0.1) is 11.3 Å². The smallest absolute Gasteiger partial charge is 0.310 e. The van der Waals surface area contributed by atoms with E-state index in [2.05, 4.69) is 15.3 Å². The van der Waals surface area contributed by atoms with Gasteiger partial charge >= 0.3 is 5.97 Å². The second-order valence-electron chi connectivity index (χ2n) is 4.63. The largest absolute Gasteiger partial charge is 0.455 e. The predicted molar refractivity (Wildman–Crippen MR) is 77.1 cm³/mol. The molecule has 0 amide bonds. The Hall–Kier alpha value is -2.48. The molecule has 114 valence electrons. The van der Waals surface area contributed by atoms with Gasteiger partial charge in [-0.3, -0.25) is 4.79 Å². The maximum absolute atomic E-state index is 11.8. The first-order valence-corrected chi connectivity index (χ1v) is 7.45. The zero-order valence-electron chi connectivity index (χ0n) is 12.0. The Morgan fingerprint density at radius 1 is 1.32 bits per heavy atom. The zero-order valence-corrected chi connectivity index (χ0v) is 12.8. The first-order valence-electron chi connectivity index (χ1n) is 6.57. The van der Waals surface area contributed by atoms with Crippen LogP contribution in [0.25, 0.3) is 10.7 Å². The molecule has 0 aliphatic rings. The molecule has 0 aliphatic heterocycles. The number of rotatable bonds is 5.